The first-order valence-corrected chi connectivity index (χ1v) is 10.8. The zero-order valence-corrected chi connectivity index (χ0v) is 19.5. The van der Waals surface area contributed by atoms with Gasteiger partial charge in [0.15, 0.2) is 11.5 Å². The number of nitrogens with one attached hydrogen (secondary N) is 2. The number of carbonyl (C=O) groups is 2. The molecule has 0 unspecified atom stereocenters. The summed E-state index contributed by atoms with van der Waals surface area (Å²) in [6.07, 6.45) is 1.38. The highest BCUT2D eigenvalue weighted by molar-refractivity contribution is 6.36. The Morgan fingerprint density at radius 2 is 1.59 bits per heavy atom. The summed E-state index contributed by atoms with van der Waals surface area (Å²) in [6, 6.07) is 7.98. The predicted octanol–water partition coefficient (Wildman–Crippen LogP) is 4.07. The highest BCUT2D eigenvalue weighted by atomic mass is 35.5. The van der Waals surface area contributed by atoms with Crippen LogP contribution in [0.1, 0.15) is 36.7 Å². The molecule has 0 bridgehead atoms. The van der Waals surface area contributed by atoms with Crippen molar-refractivity contribution in [2.45, 2.75) is 20.8 Å². The molecule has 0 aliphatic carbocycles. The van der Waals surface area contributed by atoms with E-state index in [0.29, 0.717) is 52.7 Å². The molecule has 0 aliphatic heterocycles. The van der Waals surface area contributed by atoms with Gasteiger partial charge < -0.3 is 19.5 Å². The number of halogens is 2. The normalized spacial score (nSPS) is 10.7. The second-order valence-electron chi connectivity index (χ2n) is 6.24. The molecule has 0 spiro atoms. The first kappa shape index (κ1) is 25.3. The Morgan fingerprint density at radius 1 is 0.969 bits per heavy atom. The van der Waals surface area contributed by atoms with Crippen LogP contribution in [0, 0.1) is 0 Å². The molecule has 2 amide bonds. The third-order valence-corrected chi connectivity index (χ3v) is 4.50. The Labute approximate surface area is 196 Å². The number of hydrogen-bond acceptors (Lipinski definition) is 6. The zero-order chi connectivity index (χ0) is 23.5. The van der Waals surface area contributed by atoms with Gasteiger partial charge in [0.25, 0.3) is 11.8 Å². The van der Waals surface area contributed by atoms with Crippen molar-refractivity contribution < 1.29 is 23.8 Å². The molecule has 8 nitrogen and oxygen atoms in total. The number of amides is 2. The molecule has 0 saturated carbocycles. The largest absolute Gasteiger partial charge is 0.490 e. The van der Waals surface area contributed by atoms with Gasteiger partial charge in [-0.2, -0.15) is 5.10 Å². The average molecular weight is 482 g/mol. The molecule has 2 aromatic rings. The van der Waals surface area contributed by atoms with Crippen molar-refractivity contribution in [3.05, 3.63) is 51.5 Å². The lowest BCUT2D eigenvalue weighted by atomic mass is 10.1. The first-order valence-electron chi connectivity index (χ1n) is 10.0. The van der Waals surface area contributed by atoms with Gasteiger partial charge in [0.2, 0.25) is 5.75 Å². The van der Waals surface area contributed by atoms with E-state index in [2.05, 4.69) is 15.8 Å². The molecular weight excluding hydrogens is 457 g/mol. The number of rotatable bonds is 11. The van der Waals surface area contributed by atoms with Crippen molar-refractivity contribution in [3.63, 3.8) is 0 Å². The molecular formula is C22H25Cl2N3O5. The van der Waals surface area contributed by atoms with Crippen LogP contribution in [-0.4, -0.2) is 44.4 Å². The van der Waals surface area contributed by atoms with E-state index in [-0.39, 0.29) is 12.1 Å². The second-order valence-corrected chi connectivity index (χ2v) is 7.09. The van der Waals surface area contributed by atoms with Crippen LogP contribution in [0.25, 0.3) is 0 Å². The lowest BCUT2D eigenvalue weighted by molar-refractivity contribution is -0.120. The van der Waals surface area contributed by atoms with Gasteiger partial charge in [0, 0.05) is 16.1 Å². The molecule has 32 heavy (non-hydrogen) atoms. The summed E-state index contributed by atoms with van der Waals surface area (Å²) in [5.74, 6) is 0.217. The fraction of sp³-hybridized carbons (Fsp3) is 0.318. The summed E-state index contributed by atoms with van der Waals surface area (Å²) in [5, 5.41) is 7.26. The second kappa shape index (κ2) is 12.8. The minimum Gasteiger partial charge on any atom is -0.490 e. The predicted molar refractivity (Wildman–Crippen MR) is 124 cm³/mol. The molecule has 0 atom stereocenters. The van der Waals surface area contributed by atoms with Crippen LogP contribution >= 0.6 is 23.2 Å². The molecule has 2 aromatic carbocycles. The highest BCUT2D eigenvalue weighted by Gasteiger charge is 2.18. The molecule has 0 saturated heterocycles. The van der Waals surface area contributed by atoms with Crippen LogP contribution in [0.3, 0.4) is 0 Å². The van der Waals surface area contributed by atoms with Crippen LogP contribution in [0.4, 0.5) is 0 Å². The summed E-state index contributed by atoms with van der Waals surface area (Å²) >= 11 is 11.9. The van der Waals surface area contributed by atoms with Crippen molar-refractivity contribution in [1.82, 2.24) is 10.7 Å². The smallest absolute Gasteiger partial charge is 0.259 e. The SMILES string of the molecule is CCOc1cc(C(=O)NCC(=O)N/N=C/c2ccc(Cl)cc2Cl)cc(OCC)c1OCC. The van der Waals surface area contributed by atoms with Gasteiger partial charge in [-0.15, -0.1) is 0 Å². The van der Waals surface area contributed by atoms with Crippen molar-refractivity contribution >= 4 is 41.2 Å². The first-order chi connectivity index (χ1) is 15.4. The minimum atomic E-state index is -0.513. The molecule has 0 radical (unpaired) electrons. The fourth-order valence-corrected chi connectivity index (χ4v) is 3.06. The summed E-state index contributed by atoms with van der Waals surface area (Å²) in [6.45, 7) is 6.38. The molecule has 0 aromatic heterocycles. The maximum atomic E-state index is 12.6. The number of hydrogen-bond donors (Lipinski definition) is 2. The topological polar surface area (TPSA) is 98.2 Å². The molecule has 172 valence electrons. The summed E-state index contributed by atoms with van der Waals surface area (Å²) in [7, 11) is 0. The third-order valence-electron chi connectivity index (χ3n) is 3.94. The highest BCUT2D eigenvalue weighted by Crippen LogP contribution is 2.39. The molecule has 0 aliphatic rings. The van der Waals surface area contributed by atoms with Gasteiger partial charge >= 0.3 is 0 Å². The van der Waals surface area contributed by atoms with Gasteiger partial charge in [-0.05, 0) is 45.0 Å². The van der Waals surface area contributed by atoms with E-state index in [4.69, 9.17) is 37.4 Å². The number of carbonyl (C=O) groups excluding carboxylic acids is 2. The lowest BCUT2D eigenvalue weighted by Gasteiger charge is -2.17. The number of benzene rings is 2. The van der Waals surface area contributed by atoms with Crippen LogP contribution in [0.15, 0.2) is 35.4 Å². The molecule has 2 rings (SSSR count). The van der Waals surface area contributed by atoms with Gasteiger partial charge in [-0.25, -0.2) is 5.43 Å². The summed E-state index contributed by atoms with van der Waals surface area (Å²) in [4.78, 5) is 24.6. The van der Waals surface area contributed by atoms with Gasteiger partial charge in [0.05, 0.1) is 37.6 Å². The Balaban J connectivity index is 2.03. The summed E-state index contributed by atoms with van der Waals surface area (Å²) in [5.41, 5.74) is 3.18. The van der Waals surface area contributed by atoms with E-state index < -0.39 is 11.8 Å². The third kappa shape index (κ3) is 7.32. The van der Waals surface area contributed by atoms with Gasteiger partial charge in [-0.1, -0.05) is 29.3 Å². The standard InChI is InChI=1S/C22H25Cl2N3O5/c1-4-30-18-9-15(10-19(31-5-2)21(18)32-6-3)22(29)25-13-20(28)27-26-12-14-7-8-16(23)11-17(14)24/h7-12H,4-6,13H2,1-3H3,(H,25,29)(H,27,28)/b26-12+. The fourth-order valence-electron chi connectivity index (χ4n) is 2.60. The molecule has 10 heteroatoms. The van der Waals surface area contributed by atoms with Crippen LogP contribution in [0.5, 0.6) is 17.2 Å². The van der Waals surface area contributed by atoms with Crippen LogP contribution in [-0.2, 0) is 4.79 Å². The maximum Gasteiger partial charge on any atom is 0.259 e. The van der Waals surface area contributed by atoms with Gasteiger partial charge in [0.1, 0.15) is 0 Å². The van der Waals surface area contributed by atoms with Crippen molar-refractivity contribution in [2.75, 3.05) is 26.4 Å². The Bertz CT molecular complexity index is 955. The maximum absolute atomic E-state index is 12.6. The van der Waals surface area contributed by atoms with Crippen LogP contribution < -0.4 is 25.0 Å². The van der Waals surface area contributed by atoms with E-state index in [1.54, 1.807) is 30.3 Å². The van der Waals surface area contributed by atoms with E-state index in [1.165, 1.54) is 6.21 Å². The average Bonchev–Trinajstić information content (AvgIpc) is 2.76. The lowest BCUT2D eigenvalue weighted by Crippen LogP contribution is -2.35. The zero-order valence-electron chi connectivity index (χ0n) is 18.0. The minimum absolute atomic E-state index is 0.268. The van der Waals surface area contributed by atoms with E-state index in [1.807, 2.05) is 20.8 Å². The molecule has 2 N–H and O–H groups in total. The van der Waals surface area contributed by atoms with E-state index in [0.717, 1.165) is 0 Å². The van der Waals surface area contributed by atoms with Crippen LogP contribution in [0.2, 0.25) is 10.0 Å². The molecule has 0 heterocycles. The van der Waals surface area contributed by atoms with Crippen molar-refractivity contribution in [2.24, 2.45) is 5.10 Å². The van der Waals surface area contributed by atoms with E-state index >= 15 is 0 Å². The Morgan fingerprint density at radius 3 is 2.16 bits per heavy atom. The Hall–Kier alpha value is -2.97. The monoisotopic (exact) mass is 481 g/mol. The number of nitrogens with zero attached hydrogens (tertiary/aromatic N) is 1. The summed E-state index contributed by atoms with van der Waals surface area (Å²) < 4.78 is 16.8. The van der Waals surface area contributed by atoms with Gasteiger partial charge in [-0.3, -0.25) is 9.59 Å². The van der Waals surface area contributed by atoms with E-state index in [9.17, 15) is 9.59 Å². The van der Waals surface area contributed by atoms with Crippen molar-refractivity contribution in [1.29, 1.82) is 0 Å². The quantitative estimate of drug-likeness (QED) is 0.372. The molecule has 0 fully saturated rings. The number of hydrazone groups is 1. The Kier molecular flexibility index (Phi) is 10.1. The van der Waals surface area contributed by atoms with Crippen molar-refractivity contribution in [3.8, 4) is 17.2 Å². The number of ether oxygens (including phenoxy) is 3.